The molecule has 0 bridgehead atoms. The van der Waals surface area contributed by atoms with Crippen LogP contribution in [-0.4, -0.2) is 46.7 Å². The smallest absolute Gasteiger partial charge is 0.322 e. The van der Waals surface area contributed by atoms with E-state index in [4.69, 9.17) is 5.73 Å². The summed E-state index contributed by atoms with van der Waals surface area (Å²) in [5.74, 6) is -3.25. The number of carbonyl (C=O) groups excluding carboxylic acids is 2. The number of aliphatic hydroxyl groups excluding tert-OH is 1. The van der Waals surface area contributed by atoms with Crippen LogP contribution in [0.4, 0.5) is 19.3 Å². The van der Waals surface area contributed by atoms with Crippen LogP contribution in [0.25, 0.3) is 0 Å². The van der Waals surface area contributed by atoms with Crippen LogP contribution in [0.5, 0.6) is 0 Å². The number of aryl methyl sites for hydroxylation is 1. The summed E-state index contributed by atoms with van der Waals surface area (Å²) < 4.78 is 28.3. The number of nitrogens with zero attached hydrogens (tertiary/aromatic N) is 1. The topological polar surface area (TPSA) is 108 Å². The molecule has 212 valence electrons. The van der Waals surface area contributed by atoms with Crippen molar-refractivity contribution in [1.82, 2.24) is 10.2 Å². The van der Waals surface area contributed by atoms with Crippen molar-refractivity contribution in [2.75, 3.05) is 18.4 Å². The van der Waals surface area contributed by atoms with E-state index in [1.54, 1.807) is 24.3 Å². The molecule has 1 saturated heterocycles. The molecule has 0 aliphatic carbocycles. The van der Waals surface area contributed by atoms with Gasteiger partial charge < -0.3 is 26.4 Å². The summed E-state index contributed by atoms with van der Waals surface area (Å²) in [5, 5.41) is 17.6. The number of anilines is 1. The molecule has 7 nitrogen and oxygen atoms in total. The zero-order valence-corrected chi connectivity index (χ0v) is 22.6. The van der Waals surface area contributed by atoms with Crippen LogP contribution in [0, 0.1) is 17.6 Å². The van der Waals surface area contributed by atoms with Crippen molar-refractivity contribution >= 4 is 17.6 Å². The lowest BCUT2D eigenvalue weighted by atomic mass is 9.74. The van der Waals surface area contributed by atoms with E-state index >= 15 is 0 Å². The van der Waals surface area contributed by atoms with Gasteiger partial charge in [0.15, 0.2) is 0 Å². The van der Waals surface area contributed by atoms with E-state index in [-0.39, 0.29) is 31.5 Å². The first-order chi connectivity index (χ1) is 19.2. The van der Waals surface area contributed by atoms with Crippen LogP contribution in [0.2, 0.25) is 0 Å². The summed E-state index contributed by atoms with van der Waals surface area (Å²) in [7, 11) is 0. The Morgan fingerprint density at radius 2 is 1.70 bits per heavy atom. The molecule has 0 spiro atoms. The normalized spacial score (nSPS) is 18.4. The van der Waals surface area contributed by atoms with Crippen LogP contribution >= 0.6 is 0 Å². The maximum absolute atomic E-state index is 14.1. The number of rotatable bonds is 11. The maximum Gasteiger partial charge on any atom is 0.322 e. The first kappa shape index (κ1) is 29.2. The molecule has 1 aliphatic heterocycles. The number of nitrogens with two attached hydrogens (primary N) is 1. The molecule has 5 N–H and O–H groups in total. The molecule has 1 fully saturated rings. The van der Waals surface area contributed by atoms with E-state index in [1.165, 1.54) is 22.6 Å². The number of hydrogen-bond donors (Lipinski definition) is 4. The molecule has 1 aliphatic rings. The molecule has 3 aromatic rings. The highest BCUT2D eigenvalue weighted by Crippen LogP contribution is 2.40. The molecule has 1 heterocycles. The average Bonchev–Trinajstić information content (AvgIpc) is 3.38. The van der Waals surface area contributed by atoms with E-state index in [9.17, 15) is 23.5 Å². The molecular weight excluding hydrogens is 514 g/mol. The average molecular weight is 551 g/mol. The van der Waals surface area contributed by atoms with Gasteiger partial charge in [-0.2, -0.15) is 0 Å². The van der Waals surface area contributed by atoms with E-state index in [2.05, 4.69) is 23.6 Å². The van der Waals surface area contributed by atoms with Gasteiger partial charge in [0.2, 0.25) is 5.91 Å². The van der Waals surface area contributed by atoms with Crippen molar-refractivity contribution in [2.45, 2.75) is 50.8 Å². The molecule has 0 saturated carbocycles. The van der Waals surface area contributed by atoms with Gasteiger partial charge in [-0.05, 0) is 66.6 Å². The zero-order chi connectivity index (χ0) is 28.7. The van der Waals surface area contributed by atoms with E-state index in [0.29, 0.717) is 18.7 Å². The number of carbonyl (C=O) groups is 2. The molecule has 3 atom stereocenters. The highest BCUT2D eigenvalue weighted by atomic mass is 19.1. The second kappa shape index (κ2) is 13.0. The van der Waals surface area contributed by atoms with Crippen molar-refractivity contribution in [3.05, 3.63) is 101 Å². The largest absolute Gasteiger partial charge is 0.391 e. The minimum Gasteiger partial charge on any atom is -0.391 e. The molecule has 40 heavy (non-hydrogen) atoms. The minimum absolute atomic E-state index is 0.0685. The van der Waals surface area contributed by atoms with Gasteiger partial charge in [0.25, 0.3) is 0 Å². The number of hydrogen-bond acceptors (Lipinski definition) is 4. The Morgan fingerprint density at radius 1 is 1.00 bits per heavy atom. The number of benzene rings is 3. The van der Waals surface area contributed by atoms with E-state index in [1.807, 2.05) is 24.3 Å². The molecule has 3 aromatic carbocycles. The third-order valence-electron chi connectivity index (χ3n) is 7.66. The van der Waals surface area contributed by atoms with Crippen molar-refractivity contribution in [3.63, 3.8) is 0 Å². The van der Waals surface area contributed by atoms with Crippen molar-refractivity contribution in [2.24, 2.45) is 11.7 Å². The summed E-state index contributed by atoms with van der Waals surface area (Å²) in [4.78, 5) is 28.1. The summed E-state index contributed by atoms with van der Waals surface area (Å²) in [6, 6.07) is 19.4. The molecule has 9 heteroatoms. The fraction of sp³-hybridized carbons (Fsp3) is 0.355. The fourth-order valence-electron chi connectivity index (χ4n) is 5.73. The van der Waals surface area contributed by atoms with E-state index < -0.39 is 41.1 Å². The summed E-state index contributed by atoms with van der Waals surface area (Å²) in [6.45, 7) is 2.84. The Morgan fingerprint density at radius 3 is 2.38 bits per heavy atom. The Balaban J connectivity index is 1.63. The highest BCUT2D eigenvalue weighted by Gasteiger charge is 2.55. The van der Waals surface area contributed by atoms with Crippen molar-refractivity contribution in [1.29, 1.82) is 0 Å². The standard InChI is InChI=1S/C31H36F2N4O3/c1-2-21-8-6-9-22(14-21)19-35-20-28(38)27(17-23-15-24(32)18-25(33)16-23)31(29(34)39)12-7-13-37(31)30(40)36-26-10-4-3-5-11-26/h3-6,8-11,14-16,18,27-28,35,38H,2,7,12-13,17,19-20H2,1H3,(H2,34,39)(H,36,40)/t27-,28+,31?/m1/s1. The number of urea groups is 1. The van der Waals surface area contributed by atoms with Crippen LogP contribution in [-0.2, 0) is 24.2 Å². The molecule has 0 aromatic heterocycles. The van der Waals surface area contributed by atoms with Crippen LogP contribution in [0.1, 0.15) is 36.5 Å². The second-order valence-electron chi connectivity index (χ2n) is 10.3. The molecule has 1 unspecified atom stereocenters. The predicted molar refractivity (Wildman–Crippen MR) is 150 cm³/mol. The van der Waals surface area contributed by atoms with Gasteiger partial charge in [0.1, 0.15) is 17.2 Å². The predicted octanol–water partition coefficient (Wildman–Crippen LogP) is 4.39. The highest BCUT2D eigenvalue weighted by molar-refractivity contribution is 5.96. The van der Waals surface area contributed by atoms with Gasteiger partial charge in [-0.3, -0.25) is 4.79 Å². The fourth-order valence-corrected chi connectivity index (χ4v) is 5.73. The monoisotopic (exact) mass is 550 g/mol. The Hall–Kier alpha value is -3.82. The van der Waals surface area contributed by atoms with Crippen molar-refractivity contribution in [3.8, 4) is 0 Å². The van der Waals surface area contributed by atoms with Crippen molar-refractivity contribution < 1.29 is 23.5 Å². The number of amides is 3. The van der Waals surface area contributed by atoms with Gasteiger partial charge >= 0.3 is 6.03 Å². The molecule has 0 radical (unpaired) electrons. The van der Waals surface area contributed by atoms with Crippen LogP contribution < -0.4 is 16.4 Å². The number of primary amides is 1. The van der Waals surface area contributed by atoms with Gasteiger partial charge in [0, 0.05) is 37.3 Å². The number of para-hydroxylation sites is 1. The number of nitrogens with one attached hydrogen (secondary N) is 2. The molecular formula is C31H36F2N4O3. The Kier molecular flexibility index (Phi) is 9.50. The van der Waals surface area contributed by atoms with E-state index in [0.717, 1.165) is 18.1 Å². The zero-order valence-electron chi connectivity index (χ0n) is 22.6. The summed E-state index contributed by atoms with van der Waals surface area (Å²) in [6.07, 6.45) is 0.343. The van der Waals surface area contributed by atoms with Gasteiger partial charge in [-0.15, -0.1) is 0 Å². The first-order valence-corrected chi connectivity index (χ1v) is 13.6. The quantitative estimate of drug-likeness (QED) is 0.284. The number of aliphatic hydroxyl groups is 1. The minimum atomic E-state index is -1.58. The summed E-state index contributed by atoms with van der Waals surface area (Å²) in [5.41, 5.74) is 7.45. The van der Waals surface area contributed by atoms with Crippen LogP contribution in [0.3, 0.4) is 0 Å². The van der Waals surface area contributed by atoms with Crippen LogP contribution in [0.15, 0.2) is 72.8 Å². The number of likely N-dealkylation sites (tertiary alicyclic amines) is 1. The molecule has 4 rings (SSSR count). The second-order valence-corrected chi connectivity index (χ2v) is 10.3. The Labute approximate surface area is 233 Å². The van der Waals surface area contributed by atoms with Gasteiger partial charge in [-0.25, -0.2) is 13.6 Å². The molecule has 3 amide bonds. The lowest BCUT2D eigenvalue weighted by Gasteiger charge is -2.44. The lowest BCUT2D eigenvalue weighted by molar-refractivity contribution is -0.133. The SMILES string of the molecule is CCc1cccc(CNC[C@H](O)[C@@H](Cc2cc(F)cc(F)c2)C2(C(N)=O)CCCN2C(=O)Nc2ccccc2)c1. The first-order valence-electron chi connectivity index (χ1n) is 13.6. The summed E-state index contributed by atoms with van der Waals surface area (Å²) >= 11 is 0. The third kappa shape index (κ3) is 6.66. The third-order valence-corrected chi connectivity index (χ3v) is 7.66. The van der Waals surface area contributed by atoms with Gasteiger partial charge in [-0.1, -0.05) is 49.4 Å². The van der Waals surface area contributed by atoms with Gasteiger partial charge in [0.05, 0.1) is 6.10 Å². The number of halogens is 2. The maximum atomic E-state index is 14.1. The lowest BCUT2D eigenvalue weighted by Crippen LogP contribution is -2.64. The Bertz CT molecular complexity index is 1300.